The number of nitrogens with two attached hydrogens (primary N) is 1. The number of rotatable bonds is 6. The van der Waals surface area contributed by atoms with E-state index < -0.39 is 15.8 Å². The fraction of sp³-hybridized carbons (Fsp3) is 0.455. The SMILES string of the molecule is CSCCC(C)NS(=O)(=O)c1ccc(N)cc1F. The fourth-order valence-electron chi connectivity index (χ4n) is 1.42. The van der Waals surface area contributed by atoms with Crippen LogP contribution in [0.15, 0.2) is 23.1 Å². The highest BCUT2D eigenvalue weighted by Crippen LogP contribution is 2.17. The van der Waals surface area contributed by atoms with Crippen LogP contribution in [0.25, 0.3) is 0 Å². The van der Waals surface area contributed by atoms with E-state index in [0.29, 0.717) is 6.42 Å². The molecule has 0 aliphatic carbocycles. The molecule has 3 N–H and O–H groups in total. The van der Waals surface area contributed by atoms with E-state index in [-0.39, 0.29) is 16.6 Å². The Labute approximate surface area is 111 Å². The van der Waals surface area contributed by atoms with Crippen molar-refractivity contribution in [2.45, 2.75) is 24.3 Å². The summed E-state index contributed by atoms with van der Waals surface area (Å²) in [4.78, 5) is -0.368. The predicted octanol–water partition coefficient (Wildman–Crippen LogP) is 1.83. The van der Waals surface area contributed by atoms with E-state index in [9.17, 15) is 12.8 Å². The monoisotopic (exact) mass is 292 g/mol. The number of anilines is 1. The van der Waals surface area contributed by atoms with E-state index in [2.05, 4.69) is 4.72 Å². The minimum Gasteiger partial charge on any atom is -0.399 e. The van der Waals surface area contributed by atoms with Gasteiger partial charge >= 0.3 is 0 Å². The van der Waals surface area contributed by atoms with Gasteiger partial charge in [0.25, 0.3) is 0 Å². The Balaban J connectivity index is 2.86. The van der Waals surface area contributed by atoms with Crippen LogP contribution in [-0.2, 0) is 10.0 Å². The Hall–Kier alpha value is -0.790. The van der Waals surface area contributed by atoms with Crippen molar-refractivity contribution in [1.82, 2.24) is 4.72 Å². The number of nitrogens with one attached hydrogen (secondary N) is 1. The second-order valence-corrected chi connectivity index (χ2v) is 6.66. The van der Waals surface area contributed by atoms with E-state index in [1.54, 1.807) is 18.7 Å². The Morgan fingerprint density at radius 2 is 2.17 bits per heavy atom. The summed E-state index contributed by atoms with van der Waals surface area (Å²) in [5, 5.41) is 0. The minimum atomic E-state index is -3.83. The molecule has 0 fully saturated rings. The largest absolute Gasteiger partial charge is 0.399 e. The maximum Gasteiger partial charge on any atom is 0.243 e. The average molecular weight is 292 g/mol. The number of benzene rings is 1. The van der Waals surface area contributed by atoms with Crippen LogP contribution in [0.4, 0.5) is 10.1 Å². The van der Waals surface area contributed by atoms with Crippen LogP contribution in [-0.4, -0.2) is 26.5 Å². The smallest absolute Gasteiger partial charge is 0.243 e. The maximum absolute atomic E-state index is 13.5. The van der Waals surface area contributed by atoms with Gasteiger partial charge in [0.15, 0.2) is 0 Å². The summed E-state index contributed by atoms with van der Waals surface area (Å²) in [5.41, 5.74) is 5.58. The van der Waals surface area contributed by atoms with Gasteiger partial charge in [0.05, 0.1) is 0 Å². The molecule has 1 rings (SSSR count). The highest BCUT2D eigenvalue weighted by Gasteiger charge is 2.21. The Morgan fingerprint density at radius 3 is 2.72 bits per heavy atom. The zero-order chi connectivity index (χ0) is 13.8. The van der Waals surface area contributed by atoms with Gasteiger partial charge in [-0.15, -0.1) is 0 Å². The molecular formula is C11H17FN2O2S2. The fourth-order valence-corrected chi connectivity index (χ4v) is 3.34. The molecule has 7 heteroatoms. The number of hydrogen-bond donors (Lipinski definition) is 2. The predicted molar refractivity (Wildman–Crippen MR) is 73.6 cm³/mol. The zero-order valence-electron chi connectivity index (χ0n) is 10.3. The summed E-state index contributed by atoms with van der Waals surface area (Å²) < 4.78 is 39.9. The van der Waals surface area contributed by atoms with Gasteiger partial charge in [-0.3, -0.25) is 0 Å². The lowest BCUT2D eigenvalue weighted by molar-refractivity contribution is 0.540. The first-order chi connectivity index (χ1) is 8.36. The first-order valence-electron chi connectivity index (χ1n) is 5.43. The quantitative estimate of drug-likeness (QED) is 0.785. The van der Waals surface area contributed by atoms with E-state index in [1.165, 1.54) is 12.1 Å². The second-order valence-electron chi connectivity index (χ2n) is 3.99. The minimum absolute atomic E-state index is 0.196. The van der Waals surface area contributed by atoms with Gasteiger partial charge in [-0.25, -0.2) is 17.5 Å². The van der Waals surface area contributed by atoms with Crippen molar-refractivity contribution in [2.75, 3.05) is 17.7 Å². The molecule has 0 aliphatic heterocycles. The molecular weight excluding hydrogens is 275 g/mol. The van der Waals surface area contributed by atoms with Crippen molar-refractivity contribution >= 4 is 27.5 Å². The Kier molecular flexibility index (Phi) is 5.43. The normalized spacial score (nSPS) is 13.5. The maximum atomic E-state index is 13.5. The molecule has 1 unspecified atom stereocenters. The average Bonchev–Trinajstić information content (AvgIpc) is 2.25. The molecule has 0 heterocycles. The van der Waals surface area contributed by atoms with Gasteiger partial charge in [0.1, 0.15) is 10.7 Å². The molecule has 0 saturated carbocycles. The molecule has 1 aromatic carbocycles. The molecule has 1 atom stereocenters. The number of sulfonamides is 1. The van der Waals surface area contributed by atoms with Crippen LogP contribution in [0.3, 0.4) is 0 Å². The van der Waals surface area contributed by atoms with Gasteiger partial charge in [0.2, 0.25) is 10.0 Å². The van der Waals surface area contributed by atoms with Crippen LogP contribution in [0.2, 0.25) is 0 Å². The number of nitrogen functional groups attached to an aromatic ring is 1. The molecule has 4 nitrogen and oxygen atoms in total. The molecule has 102 valence electrons. The van der Waals surface area contributed by atoms with E-state index in [0.717, 1.165) is 11.8 Å². The molecule has 0 spiro atoms. The number of thioether (sulfide) groups is 1. The number of hydrogen-bond acceptors (Lipinski definition) is 4. The second kappa shape index (κ2) is 6.40. The lowest BCUT2D eigenvalue weighted by atomic mass is 10.3. The third kappa shape index (κ3) is 4.15. The molecule has 0 bridgehead atoms. The molecule has 0 amide bonds. The summed E-state index contributed by atoms with van der Waals surface area (Å²) in [6, 6.07) is 3.30. The topological polar surface area (TPSA) is 72.2 Å². The van der Waals surface area contributed by atoms with Gasteiger partial charge in [-0.2, -0.15) is 11.8 Å². The third-order valence-corrected chi connectivity index (χ3v) is 4.62. The lowest BCUT2D eigenvalue weighted by Gasteiger charge is -2.14. The standard InChI is InChI=1S/C11H17FN2O2S2/c1-8(5-6-17-2)14-18(15,16)11-4-3-9(13)7-10(11)12/h3-4,7-8,14H,5-6,13H2,1-2H3. The highest BCUT2D eigenvalue weighted by molar-refractivity contribution is 7.98. The lowest BCUT2D eigenvalue weighted by Crippen LogP contribution is -2.33. The van der Waals surface area contributed by atoms with Gasteiger partial charge < -0.3 is 5.73 Å². The Morgan fingerprint density at radius 1 is 1.50 bits per heavy atom. The first-order valence-corrected chi connectivity index (χ1v) is 8.31. The van der Waals surface area contributed by atoms with Crippen molar-refractivity contribution in [3.8, 4) is 0 Å². The van der Waals surface area contributed by atoms with Crippen molar-refractivity contribution in [3.63, 3.8) is 0 Å². The third-order valence-electron chi connectivity index (χ3n) is 2.36. The molecule has 18 heavy (non-hydrogen) atoms. The summed E-state index contributed by atoms with van der Waals surface area (Å²) in [6.45, 7) is 1.75. The summed E-state index contributed by atoms with van der Waals surface area (Å²) in [6.07, 6.45) is 2.64. The van der Waals surface area contributed by atoms with E-state index >= 15 is 0 Å². The zero-order valence-corrected chi connectivity index (χ0v) is 11.9. The molecule has 0 aliphatic rings. The van der Waals surface area contributed by atoms with Crippen LogP contribution < -0.4 is 10.5 Å². The van der Waals surface area contributed by atoms with Crippen LogP contribution in [0, 0.1) is 5.82 Å². The van der Waals surface area contributed by atoms with Gasteiger partial charge in [0, 0.05) is 11.7 Å². The molecule has 0 radical (unpaired) electrons. The van der Waals surface area contributed by atoms with Crippen LogP contribution in [0.5, 0.6) is 0 Å². The van der Waals surface area contributed by atoms with E-state index in [1.807, 2.05) is 6.26 Å². The van der Waals surface area contributed by atoms with E-state index in [4.69, 9.17) is 5.73 Å². The summed E-state index contributed by atoms with van der Waals surface area (Å²) >= 11 is 1.63. The van der Waals surface area contributed by atoms with Crippen molar-refractivity contribution < 1.29 is 12.8 Å². The number of halogens is 1. The first kappa shape index (κ1) is 15.3. The van der Waals surface area contributed by atoms with Gasteiger partial charge in [-0.1, -0.05) is 0 Å². The van der Waals surface area contributed by atoms with Crippen molar-refractivity contribution in [1.29, 1.82) is 0 Å². The van der Waals surface area contributed by atoms with Gasteiger partial charge in [-0.05, 0) is 43.6 Å². The van der Waals surface area contributed by atoms with Crippen molar-refractivity contribution in [2.24, 2.45) is 0 Å². The van der Waals surface area contributed by atoms with Crippen molar-refractivity contribution in [3.05, 3.63) is 24.0 Å². The molecule has 0 aromatic heterocycles. The Bertz CT molecular complexity index is 506. The molecule has 0 saturated heterocycles. The summed E-state index contributed by atoms with van der Waals surface area (Å²) in [7, 11) is -3.83. The van der Waals surface area contributed by atoms with Crippen LogP contribution in [0.1, 0.15) is 13.3 Å². The van der Waals surface area contributed by atoms with Crippen LogP contribution >= 0.6 is 11.8 Å². The summed E-state index contributed by atoms with van der Waals surface area (Å²) in [5.74, 6) is 0.00744. The molecule has 1 aromatic rings. The highest BCUT2D eigenvalue weighted by atomic mass is 32.2.